The van der Waals surface area contributed by atoms with Crippen LogP contribution >= 0.6 is 7.82 Å². The molecule has 9 nitrogen and oxygen atoms in total. The number of hydrogen-bond donors (Lipinski definition) is 0. The van der Waals surface area contributed by atoms with E-state index in [1.165, 1.54) is 0 Å². The molecule has 0 aliphatic carbocycles. The Hall–Kier alpha value is -3.85. The molecule has 0 aromatic heterocycles. The van der Waals surface area contributed by atoms with Crippen molar-refractivity contribution in [2.24, 2.45) is 0 Å². The van der Waals surface area contributed by atoms with Crippen molar-refractivity contribution in [3.8, 4) is 0 Å². The highest BCUT2D eigenvalue weighted by atomic mass is 31.2. The number of ether oxygens (including phenoxy) is 2. The summed E-state index contributed by atoms with van der Waals surface area (Å²) in [4.78, 5) is 37.6. The molecule has 0 aliphatic heterocycles. The second kappa shape index (κ2) is 44.4. The molecule has 0 rings (SSSR count). The van der Waals surface area contributed by atoms with E-state index in [0.717, 1.165) is 103 Å². The van der Waals surface area contributed by atoms with Crippen LogP contribution in [0, 0.1) is 0 Å². The highest BCUT2D eigenvalue weighted by Crippen LogP contribution is 2.38. The van der Waals surface area contributed by atoms with E-state index in [1.54, 1.807) is 6.08 Å². The lowest BCUT2D eigenvalue weighted by atomic mass is 10.1. The summed E-state index contributed by atoms with van der Waals surface area (Å²) in [5.74, 6) is -1.01. The number of esters is 2. The molecule has 0 heterocycles. The zero-order valence-corrected chi connectivity index (χ0v) is 41.3. The monoisotopic (exact) mass is 908 g/mol. The van der Waals surface area contributed by atoms with Gasteiger partial charge in [-0.05, 0) is 89.9 Å². The van der Waals surface area contributed by atoms with Crippen LogP contribution in [0.3, 0.4) is 0 Å². The van der Waals surface area contributed by atoms with Crippen molar-refractivity contribution < 1.29 is 42.1 Å². The minimum Gasteiger partial charge on any atom is -0.756 e. The molecule has 0 radical (unpaired) electrons. The minimum absolute atomic E-state index is 0.0324. The molecule has 0 aromatic carbocycles. The number of rotatable bonds is 41. The van der Waals surface area contributed by atoms with Gasteiger partial charge in [0.1, 0.15) is 19.8 Å². The fourth-order valence-corrected chi connectivity index (χ4v) is 6.28. The van der Waals surface area contributed by atoms with E-state index in [9.17, 15) is 19.0 Å². The quantitative estimate of drug-likeness (QED) is 0.0196. The first kappa shape index (κ1) is 60.2. The Bertz CT molecular complexity index is 1540. The third-order valence-electron chi connectivity index (χ3n) is 9.20. The Morgan fingerprint density at radius 2 is 0.891 bits per heavy atom. The van der Waals surface area contributed by atoms with Crippen molar-refractivity contribution in [3.05, 3.63) is 134 Å². The van der Waals surface area contributed by atoms with Gasteiger partial charge in [-0.1, -0.05) is 173 Å². The molecule has 0 saturated carbocycles. The number of hydrogen-bond acceptors (Lipinski definition) is 8. The molecule has 360 valence electrons. The van der Waals surface area contributed by atoms with Gasteiger partial charge in [0.05, 0.1) is 34.2 Å². The predicted molar refractivity (Wildman–Crippen MR) is 267 cm³/mol. The van der Waals surface area contributed by atoms with Gasteiger partial charge < -0.3 is 27.9 Å². The fraction of sp³-hybridized carbons (Fsp3) is 0.556. The van der Waals surface area contributed by atoms with E-state index in [1.807, 2.05) is 33.3 Å². The standard InChI is InChI=1S/C54H86NO8P/c1-6-8-10-12-14-16-18-20-22-23-24-25-26-27-28-29-30-31-33-35-37-39-41-43-45-47-54(57)63-52(51-62-64(58,59)61-49-48-55(3,4)5)50-60-53(56)46-44-42-40-38-36-34-32-21-19-17-15-13-11-9-7-2/h8-11,14-17,20-22,24-25,27-28,30-32,36,38,42,44,52H,6-7,12-13,18-19,23,26,29,33-35,37,39-41,43,45-51H2,1-5H3/b10-8-,11-9-,16-14-,17-15-,22-20-,25-24-,28-27-,31-30-,32-21-,38-36-,44-42-. The molecule has 2 atom stereocenters. The smallest absolute Gasteiger partial charge is 0.309 e. The SMILES string of the molecule is CC/C=C\C/C=C\C/C=C\C/C=C\C/C=C\C/C=C\CCCCCCCCC(=O)OC(COC(=O)C/C=C\C/C=C\C/C=C\C/C=C\C/C=C\CC)COP(=O)([O-])OCC[N+](C)(C)C. The molecule has 0 amide bonds. The third kappa shape index (κ3) is 47.6. The number of likely N-dealkylation sites (N-methyl/N-ethyl adjacent to an activating group) is 1. The van der Waals surface area contributed by atoms with Crippen LogP contribution < -0.4 is 4.89 Å². The number of carbonyl (C=O) groups excluding carboxylic acids is 2. The van der Waals surface area contributed by atoms with Crippen molar-refractivity contribution in [2.45, 2.75) is 148 Å². The van der Waals surface area contributed by atoms with Crippen LogP contribution in [0.1, 0.15) is 142 Å². The average Bonchev–Trinajstić information content (AvgIpc) is 3.25. The lowest BCUT2D eigenvalue weighted by Crippen LogP contribution is -2.37. The molecule has 0 fully saturated rings. The molecule has 10 heteroatoms. The molecular weight excluding hydrogens is 822 g/mol. The first-order valence-electron chi connectivity index (χ1n) is 23.9. The van der Waals surface area contributed by atoms with Crippen LogP contribution in [0.15, 0.2) is 134 Å². The number of phosphoric acid groups is 1. The normalized spacial score (nSPS) is 14.7. The van der Waals surface area contributed by atoms with Gasteiger partial charge >= 0.3 is 11.9 Å². The summed E-state index contributed by atoms with van der Waals surface area (Å²) >= 11 is 0. The minimum atomic E-state index is -4.66. The van der Waals surface area contributed by atoms with E-state index in [2.05, 4.69) is 129 Å². The van der Waals surface area contributed by atoms with Crippen molar-refractivity contribution >= 4 is 19.8 Å². The number of nitrogens with zero attached hydrogens (tertiary/aromatic N) is 1. The maximum atomic E-state index is 12.7. The molecular formula is C54H86NO8P. The summed E-state index contributed by atoms with van der Waals surface area (Å²) in [6.07, 6.45) is 63.7. The Kier molecular flexibility index (Phi) is 41.7. The summed E-state index contributed by atoms with van der Waals surface area (Å²) in [5.41, 5.74) is 0. The van der Waals surface area contributed by atoms with Gasteiger partial charge in [0.2, 0.25) is 0 Å². The maximum absolute atomic E-state index is 12.7. The van der Waals surface area contributed by atoms with Crippen molar-refractivity contribution in [1.82, 2.24) is 0 Å². The van der Waals surface area contributed by atoms with E-state index in [4.69, 9.17) is 18.5 Å². The van der Waals surface area contributed by atoms with E-state index < -0.39 is 32.5 Å². The van der Waals surface area contributed by atoms with Gasteiger partial charge in [-0.15, -0.1) is 0 Å². The molecule has 0 aromatic rings. The van der Waals surface area contributed by atoms with Gasteiger partial charge in [0.25, 0.3) is 7.82 Å². The van der Waals surface area contributed by atoms with Gasteiger partial charge in [-0.25, -0.2) is 0 Å². The second-order valence-corrected chi connectivity index (χ2v) is 17.8. The van der Waals surface area contributed by atoms with Crippen LogP contribution in [0.25, 0.3) is 0 Å². The Balaban J connectivity index is 4.44. The van der Waals surface area contributed by atoms with Gasteiger partial charge in [-0.2, -0.15) is 0 Å². The maximum Gasteiger partial charge on any atom is 0.309 e. The number of phosphoric ester groups is 1. The largest absolute Gasteiger partial charge is 0.756 e. The first-order valence-corrected chi connectivity index (χ1v) is 25.4. The van der Waals surface area contributed by atoms with Gasteiger partial charge in [0, 0.05) is 6.42 Å². The van der Waals surface area contributed by atoms with E-state index >= 15 is 0 Å². The number of carbonyl (C=O) groups is 2. The average molecular weight is 908 g/mol. The van der Waals surface area contributed by atoms with Crippen molar-refractivity contribution in [3.63, 3.8) is 0 Å². The van der Waals surface area contributed by atoms with Crippen LogP contribution in [0.2, 0.25) is 0 Å². The van der Waals surface area contributed by atoms with Gasteiger partial charge in [-0.3, -0.25) is 14.2 Å². The zero-order valence-electron chi connectivity index (χ0n) is 40.4. The fourth-order valence-electron chi connectivity index (χ4n) is 5.55. The summed E-state index contributed by atoms with van der Waals surface area (Å²) in [7, 11) is 1.08. The van der Waals surface area contributed by atoms with Crippen LogP contribution in [-0.4, -0.2) is 70.0 Å². The molecule has 64 heavy (non-hydrogen) atoms. The lowest BCUT2D eigenvalue weighted by Gasteiger charge is -2.28. The number of unbranched alkanes of at least 4 members (excludes halogenated alkanes) is 6. The number of allylic oxidation sites excluding steroid dienone is 21. The van der Waals surface area contributed by atoms with Crippen LogP contribution in [0.5, 0.6) is 0 Å². The van der Waals surface area contributed by atoms with Crippen LogP contribution in [0.4, 0.5) is 0 Å². The van der Waals surface area contributed by atoms with Crippen molar-refractivity contribution in [2.75, 3.05) is 47.5 Å². The summed E-state index contributed by atoms with van der Waals surface area (Å²) in [5, 5.41) is 0. The molecule has 2 unspecified atom stereocenters. The summed E-state index contributed by atoms with van der Waals surface area (Å²) in [6, 6.07) is 0. The Labute approximate surface area is 390 Å². The van der Waals surface area contributed by atoms with Crippen molar-refractivity contribution in [1.29, 1.82) is 0 Å². The Morgan fingerprint density at radius 3 is 1.33 bits per heavy atom. The molecule has 0 aliphatic rings. The topological polar surface area (TPSA) is 111 Å². The third-order valence-corrected chi connectivity index (χ3v) is 10.2. The van der Waals surface area contributed by atoms with E-state index in [0.29, 0.717) is 23.9 Å². The highest BCUT2D eigenvalue weighted by molar-refractivity contribution is 7.45. The predicted octanol–water partition coefficient (Wildman–Crippen LogP) is 13.6. The molecule has 0 N–H and O–H groups in total. The lowest BCUT2D eigenvalue weighted by molar-refractivity contribution is -0.870. The molecule has 0 bridgehead atoms. The Morgan fingerprint density at radius 1 is 0.500 bits per heavy atom. The summed E-state index contributed by atoms with van der Waals surface area (Å²) < 4.78 is 33.8. The van der Waals surface area contributed by atoms with Crippen LogP contribution in [-0.2, 0) is 32.7 Å². The number of quaternary nitrogens is 1. The first-order chi connectivity index (χ1) is 31.0. The molecule has 0 spiro atoms. The second-order valence-electron chi connectivity index (χ2n) is 16.4. The summed E-state index contributed by atoms with van der Waals surface area (Å²) in [6.45, 7) is 3.83. The van der Waals surface area contributed by atoms with E-state index in [-0.39, 0.29) is 26.1 Å². The highest BCUT2D eigenvalue weighted by Gasteiger charge is 2.21. The van der Waals surface area contributed by atoms with Gasteiger partial charge in [0.15, 0.2) is 6.10 Å². The zero-order chi connectivity index (χ0) is 47.1. The molecule has 0 saturated heterocycles.